The van der Waals surface area contributed by atoms with Crippen LogP contribution < -0.4 is 5.32 Å². The number of hydrogen-bond acceptors (Lipinski definition) is 3. The number of ether oxygens (including phenoxy) is 1. The maximum absolute atomic E-state index is 13.3. The third-order valence-electron chi connectivity index (χ3n) is 2.79. The number of hydrogen-bond donors (Lipinski definition) is 1. The first-order valence-corrected chi connectivity index (χ1v) is 6.75. The molecule has 0 fully saturated rings. The highest BCUT2D eigenvalue weighted by molar-refractivity contribution is 9.10. The summed E-state index contributed by atoms with van der Waals surface area (Å²) >= 11 is 3.39. The van der Waals surface area contributed by atoms with Crippen molar-refractivity contribution >= 4 is 27.6 Å². The summed E-state index contributed by atoms with van der Waals surface area (Å²) < 4.78 is 18.9. The fourth-order valence-corrected chi connectivity index (χ4v) is 2.22. The van der Waals surface area contributed by atoms with E-state index in [1.807, 2.05) is 24.3 Å². The van der Waals surface area contributed by atoms with E-state index in [4.69, 9.17) is 4.74 Å². The molecule has 0 saturated carbocycles. The van der Waals surface area contributed by atoms with E-state index in [1.165, 1.54) is 19.2 Å². The predicted molar refractivity (Wildman–Crippen MR) is 78.9 cm³/mol. The third-order valence-corrected chi connectivity index (χ3v) is 3.48. The largest absolute Gasteiger partial charge is 0.467 e. The van der Waals surface area contributed by atoms with Crippen LogP contribution in [0.25, 0.3) is 0 Å². The van der Waals surface area contributed by atoms with Crippen molar-refractivity contribution < 1.29 is 13.9 Å². The first-order valence-electron chi connectivity index (χ1n) is 5.96. The standard InChI is InChI=1S/C15H13BrFNO2/c1-20-15(19)14(10-5-4-6-11(17)9-10)18-13-8-3-2-7-12(13)16/h2-9,14,18H,1H3. The Hall–Kier alpha value is -1.88. The van der Waals surface area contributed by atoms with Crippen LogP contribution in [0.1, 0.15) is 11.6 Å². The predicted octanol–water partition coefficient (Wildman–Crippen LogP) is 3.91. The summed E-state index contributed by atoms with van der Waals surface area (Å²) in [4.78, 5) is 11.9. The smallest absolute Gasteiger partial charge is 0.332 e. The van der Waals surface area contributed by atoms with Gasteiger partial charge >= 0.3 is 5.97 Å². The minimum atomic E-state index is -0.769. The number of esters is 1. The zero-order chi connectivity index (χ0) is 14.5. The van der Waals surface area contributed by atoms with Crippen LogP contribution in [0.2, 0.25) is 0 Å². The second-order valence-corrected chi connectivity index (χ2v) is 4.99. The summed E-state index contributed by atoms with van der Waals surface area (Å²) in [6.07, 6.45) is 0. The maximum atomic E-state index is 13.3. The monoisotopic (exact) mass is 337 g/mol. The maximum Gasteiger partial charge on any atom is 0.332 e. The Kier molecular flexibility index (Phi) is 4.74. The second-order valence-electron chi connectivity index (χ2n) is 4.14. The lowest BCUT2D eigenvalue weighted by atomic mass is 10.1. The molecule has 20 heavy (non-hydrogen) atoms. The van der Waals surface area contributed by atoms with Gasteiger partial charge in [-0.05, 0) is 45.8 Å². The molecule has 0 aliphatic carbocycles. The van der Waals surface area contributed by atoms with Crippen LogP contribution in [0.15, 0.2) is 53.0 Å². The van der Waals surface area contributed by atoms with Crippen LogP contribution in [0.4, 0.5) is 10.1 Å². The average Bonchev–Trinajstić information content (AvgIpc) is 2.45. The highest BCUT2D eigenvalue weighted by Crippen LogP contribution is 2.27. The number of benzene rings is 2. The zero-order valence-electron chi connectivity index (χ0n) is 10.8. The fraction of sp³-hybridized carbons (Fsp3) is 0.133. The minimum Gasteiger partial charge on any atom is -0.467 e. The molecule has 1 unspecified atom stereocenters. The van der Waals surface area contributed by atoms with Crippen molar-refractivity contribution in [1.82, 2.24) is 0 Å². The Balaban J connectivity index is 2.34. The molecule has 5 heteroatoms. The molecule has 104 valence electrons. The van der Waals surface area contributed by atoms with Gasteiger partial charge in [0.1, 0.15) is 5.82 Å². The first-order chi connectivity index (χ1) is 9.61. The molecule has 0 saturated heterocycles. The molecule has 0 aliphatic heterocycles. The second kappa shape index (κ2) is 6.52. The summed E-state index contributed by atoms with van der Waals surface area (Å²) in [5.41, 5.74) is 1.24. The lowest BCUT2D eigenvalue weighted by molar-refractivity contribution is -0.141. The Bertz CT molecular complexity index is 618. The Morgan fingerprint density at radius 2 is 2.00 bits per heavy atom. The number of nitrogens with one attached hydrogen (secondary N) is 1. The normalized spacial score (nSPS) is 11.8. The van der Waals surface area contributed by atoms with Crippen molar-refractivity contribution in [2.75, 3.05) is 12.4 Å². The molecule has 0 spiro atoms. The molecule has 1 N–H and O–H groups in total. The van der Waals surface area contributed by atoms with Crippen LogP contribution in [-0.4, -0.2) is 13.1 Å². The fourth-order valence-electron chi connectivity index (χ4n) is 1.82. The number of anilines is 1. The van der Waals surface area contributed by atoms with Gasteiger partial charge in [-0.3, -0.25) is 0 Å². The van der Waals surface area contributed by atoms with Crippen molar-refractivity contribution in [2.45, 2.75) is 6.04 Å². The van der Waals surface area contributed by atoms with E-state index in [-0.39, 0.29) is 0 Å². The van der Waals surface area contributed by atoms with Gasteiger partial charge in [0.2, 0.25) is 0 Å². The minimum absolute atomic E-state index is 0.398. The number of methoxy groups -OCH3 is 1. The molecule has 0 radical (unpaired) electrons. The average molecular weight is 338 g/mol. The van der Waals surface area contributed by atoms with Crippen molar-refractivity contribution in [3.63, 3.8) is 0 Å². The SMILES string of the molecule is COC(=O)C(Nc1ccccc1Br)c1cccc(F)c1. The number of carbonyl (C=O) groups is 1. The molecule has 1 atom stereocenters. The number of para-hydroxylation sites is 1. The topological polar surface area (TPSA) is 38.3 Å². The van der Waals surface area contributed by atoms with Crippen LogP contribution in [0.5, 0.6) is 0 Å². The number of halogens is 2. The van der Waals surface area contributed by atoms with Gasteiger partial charge < -0.3 is 10.1 Å². The lowest BCUT2D eigenvalue weighted by Gasteiger charge is -2.19. The molecule has 0 aliphatic rings. The summed E-state index contributed by atoms with van der Waals surface area (Å²) in [5.74, 6) is -0.878. The zero-order valence-corrected chi connectivity index (χ0v) is 12.4. The van der Waals surface area contributed by atoms with E-state index >= 15 is 0 Å². The van der Waals surface area contributed by atoms with Gasteiger partial charge in [0, 0.05) is 10.2 Å². The first kappa shape index (κ1) is 14.5. The molecule has 3 nitrogen and oxygen atoms in total. The van der Waals surface area contributed by atoms with E-state index in [0.29, 0.717) is 5.56 Å². The van der Waals surface area contributed by atoms with Gasteiger partial charge in [-0.1, -0.05) is 24.3 Å². The van der Waals surface area contributed by atoms with Crippen molar-refractivity contribution in [3.8, 4) is 0 Å². The van der Waals surface area contributed by atoms with Gasteiger partial charge in [0.15, 0.2) is 6.04 Å². The molecule has 0 aromatic heterocycles. The highest BCUT2D eigenvalue weighted by Gasteiger charge is 2.22. The van der Waals surface area contributed by atoms with Crippen LogP contribution >= 0.6 is 15.9 Å². The summed E-state index contributed by atoms with van der Waals surface area (Å²) in [6.45, 7) is 0. The van der Waals surface area contributed by atoms with Crippen molar-refractivity contribution in [2.24, 2.45) is 0 Å². The number of rotatable bonds is 4. The summed E-state index contributed by atoms with van der Waals surface area (Å²) in [5, 5.41) is 3.05. The van der Waals surface area contributed by atoms with Gasteiger partial charge in [-0.2, -0.15) is 0 Å². The quantitative estimate of drug-likeness (QED) is 0.859. The van der Waals surface area contributed by atoms with E-state index in [2.05, 4.69) is 21.2 Å². The van der Waals surface area contributed by atoms with Crippen LogP contribution in [0, 0.1) is 5.82 Å². The van der Waals surface area contributed by atoms with Crippen LogP contribution in [-0.2, 0) is 9.53 Å². The van der Waals surface area contributed by atoms with E-state index in [1.54, 1.807) is 12.1 Å². The molecule has 0 heterocycles. The molecular formula is C15H13BrFNO2. The molecule has 2 aromatic rings. The van der Waals surface area contributed by atoms with Gasteiger partial charge in [-0.25, -0.2) is 9.18 Å². The molecular weight excluding hydrogens is 325 g/mol. The molecule has 2 rings (SSSR count). The summed E-state index contributed by atoms with van der Waals surface area (Å²) in [6, 6.07) is 12.5. The van der Waals surface area contributed by atoms with E-state index in [0.717, 1.165) is 10.2 Å². The molecule has 0 bridgehead atoms. The summed E-state index contributed by atoms with van der Waals surface area (Å²) in [7, 11) is 1.30. The van der Waals surface area contributed by atoms with Gasteiger partial charge in [0.05, 0.1) is 7.11 Å². The van der Waals surface area contributed by atoms with Gasteiger partial charge in [-0.15, -0.1) is 0 Å². The van der Waals surface area contributed by atoms with Crippen LogP contribution in [0.3, 0.4) is 0 Å². The van der Waals surface area contributed by atoms with Crippen molar-refractivity contribution in [3.05, 3.63) is 64.4 Å². The van der Waals surface area contributed by atoms with E-state index < -0.39 is 17.8 Å². The molecule has 2 aromatic carbocycles. The van der Waals surface area contributed by atoms with E-state index in [9.17, 15) is 9.18 Å². The Morgan fingerprint density at radius 3 is 2.65 bits per heavy atom. The number of carbonyl (C=O) groups excluding carboxylic acids is 1. The highest BCUT2D eigenvalue weighted by atomic mass is 79.9. The third kappa shape index (κ3) is 3.36. The Labute approximate surface area is 124 Å². The lowest BCUT2D eigenvalue weighted by Crippen LogP contribution is -2.22. The molecule has 0 amide bonds. The van der Waals surface area contributed by atoms with Crippen molar-refractivity contribution in [1.29, 1.82) is 0 Å². The van der Waals surface area contributed by atoms with Gasteiger partial charge in [0.25, 0.3) is 0 Å². The Morgan fingerprint density at radius 1 is 1.25 bits per heavy atom.